The summed E-state index contributed by atoms with van der Waals surface area (Å²) in [4.78, 5) is 12.3. The van der Waals surface area contributed by atoms with Gasteiger partial charge in [-0.25, -0.2) is 4.79 Å². The third-order valence-electron chi connectivity index (χ3n) is 4.35. The van der Waals surface area contributed by atoms with Crippen molar-refractivity contribution >= 4 is 16.7 Å². The summed E-state index contributed by atoms with van der Waals surface area (Å²) in [5.74, 6) is 0.679. The predicted octanol–water partition coefficient (Wildman–Crippen LogP) is 2.95. The second-order valence-corrected chi connectivity index (χ2v) is 5.83. The molecule has 0 bridgehead atoms. The maximum atomic E-state index is 12.3. The van der Waals surface area contributed by atoms with Crippen LogP contribution < -0.4 is 15.8 Å². The largest absolute Gasteiger partial charge is 0.506 e. The van der Waals surface area contributed by atoms with Crippen LogP contribution in [0.5, 0.6) is 11.5 Å². The lowest BCUT2D eigenvalue weighted by atomic mass is 9.98. The monoisotopic (exact) mass is 336 g/mol. The van der Waals surface area contributed by atoms with Crippen molar-refractivity contribution in [2.24, 2.45) is 5.10 Å². The molecule has 1 aliphatic heterocycles. The molecule has 1 unspecified atom stereocenters. The van der Waals surface area contributed by atoms with Crippen LogP contribution >= 0.6 is 0 Å². The van der Waals surface area contributed by atoms with E-state index in [9.17, 15) is 9.90 Å². The van der Waals surface area contributed by atoms with Gasteiger partial charge in [-0.2, -0.15) is 5.10 Å². The minimum Gasteiger partial charge on any atom is -0.506 e. The van der Waals surface area contributed by atoms with Gasteiger partial charge < -0.3 is 19.7 Å². The van der Waals surface area contributed by atoms with E-state index in [0.717, 1.165) is 11.3 Å². The highest BCUT2D eigenvalue weighted by Gasteiger charge is 2.27. The first kappa shape index (κ1) is 15.3. The van der Waals surface area contributed by atoms with Gasteiger partial charge in [-0.05, 0) is 29.8 Å². The third-order valence-corrected chi connectivity index (χ3v) is 4.35. The number of ether oxygens (including phenoxy) is 1. The molecule has 0 amide bonds. The maximum Gasteiger partial charge on any atom is 0.349 e. The molecule has 0 spiro atoms. The summed E-state index contributed by atoms with van der Waals surface area (Å²) in [6.07, 6.45) is 0.475. The van der Waals surface area contributed by atoms with Gasteiger partial charge in [0.15, 0.2) is 0 Å². The van der Waals surface area contributed by atoms with Crippen LogP contribution in [0, 0.1) is 0 Å². The summed E-state index contributed by atoms with van der Waals surface area (Å²) < 4.78 is 10.5. The highest BCUT2D eigenvalue weighted by Crippen LogP contribution is 2.31. The number of hydrogen-bond acceptors (Lipinski definition) is 6. The van der Waals surface area contributed by atoms with Crippen molar-refractivity contribution in [3.05, 3.63) is 70.1 Å². The molecule has 2 heterocycles. The normalized spacial score (nSPS) is 16.5. The molecule has 0 fully saturated rings. The Hall–Kier alpha value is -3.28. The minimum absolute atomic E-state index is 0.0776. The topological polar surface area (TPSA) is 84.1 Å². The van der Waals surface area contributed by atoms with Crippen molar-refractivity contribution in [3.63, 3.8) is 0 Å². The Morgan fingerprint density at radius 2 is 1.96 bits per heavy atom. The Kier molecular flexibility index (Phi) is 3.65. The zero-order valence-corrected chi connectivity index (χ0v) is 13.5. The Morgan fingerprint density at radius 3 is 2.72 bits per heavy atom. The van der Waals surface area contributed by atoms with Crippen molar-refractivity contribution in [1.82, 2.24) is 5.43 Å². The van der Waals surface area contributed by atoms with Crippen LogP contribution in [0.15, 0.2) is 62.8 Å². The molecule has 0 aliphatic carbocycles. The fourth-order valence-corrected chi connectivity index (χ4v) is 3.02. The number of nitrogens with one attached hydrogen (secondary N) is 1. The molecule has 1 aromatic heterocycles. The Morgan fingerprint density at radius 1 is 1.20 bits per heavy atom. The Balaban J connectivity index is 1.67. The zero-order chi connectivity index (χ0) is 17.4. The third kappa shape index (κ3) is 2.61. The number of benzene rings is 2. The second-order valence-electron chi connectivity index (χ2n) is 5.83. The van der Waals surface area contributed by atoms with E-state index in [1.807, 2.05) is 24.3 Å². The van der Waals surface area contributed by atoms with Crippen molar-refractivity contribution < 1.29 is 14.3 Å². The number of aromatic hydroxyl groups is 1. The summed E-state index contributed by atoms with van der Waals surface area (Å²) in [5, 5.41) is 15.3. The zero-order valence-electron chi connectivity index (χ0n) is 13.5. The molecule has 2 aromatic carbocycles. The fourth-order valence-electron chi connectivity index (χ4n) is 3.02. The van der Waals surface area contributed by atoms with Crippen molar-refractivity contribution in [2.45, 2.75) is 12.5 Å². The molecule has 2 N–H and O–H groups in total. The number of fused-ring (bicyclic) bond motifs is 1. The van der Waals surface area contributed by atoms with Gasteiger partial charge in [-0.1, -0.05) is 24.3 Å². The highest BCUT2D eigenvalue weighted by atomic mass is 16.5. The van der Waals surface area contributed by atoms with Gasteiger partial charge in [0.25, 0.3) is 0 Å². The van der Waals surface area contributed by atoms with Gasteiger partial charge in [-0.3, -0.25) is 0 Å². The average Bonchev–Trinajstić information content (AvgIpc) is 3.11. The van der Waals surface area contributed by atoms with Gasteiger partial charge in [0.1, 0.15) is 22.6 Å². The van der Waals surface area contributed by atoms with E-state index in [1.165, 1.54) is 0 Å². The molecule has 1 aliphatic rings. The Bertz CT molecular complexity index is 1020. The smallest absolute Gasteiger partial charge is 0.349 e. The maximum absolute atomic E-state index is 12.3. The average molecular weight is 336 g/mol. The van der Waals surface area contributed by atoms with Crippen molar-refractivity contribution in [2.75, 3.05) is 7.11 Å². The summed E-state index contributed by atoms with van der Waals surface area (Å²) in [7, 11) is 1.62. The summed E-state index contributed by atoms with van der Waals surface area (Å²) in [6, 6.07) is 14.4. The lowest BCUT2D eigenvalue weighted by Crippen LogP contribution is -2.14. The van der Waals surface area contributed by atoms with E-state index in [-0.39, 0.29) is 17.4 Å². The van der Waals surface area contributed by atoms with Crippen molar-refractivity contribution in [3.8, 4) is 11.5 Å². The standard InChI is InChI=1S/C19H16N2O4/c1-24-12-8-6-11(7-9-12)14-10-15(21-20-14)17-18(22)13-4-2-3-5-16(13)25-19(17)23/h2-9,14,20,22H,10H2,1H3. The number of hydrazone groups is 1. The fraction of sp³-hybridized carbons (Fsp3) is 0.158. The van der Waals surface area contributed by atoms with E-state index in [2.05, 4.69) is 10.5 Å². The van der Waals surface area contributed by atoms with E-state index in [0.29, 0.717) is 23.1 Å². The van der Waals surface area contributed by atoms with Crippen LogP contribution in [0.1, 0.15) is 23.6 Å². The molecule has 0 saturated carbocycles. The first-order valence-electron chi connectivity index (χ1n) is 7.88. The number of para-hydroxylation sites is 1. The van der Waals surface area contributed by atoms with Crippen LogP contribution in [0.2, 0.25) is 0 Å². The van der Waals surface area contributed by atoms with Gasteiger partial charge in [-0.15, -0.1) is 0 Å². The summed E-state index contributed by atoms with van der Waals surface area (Å²) in [5.41, 5.74) is 4.40. The van der Waals surface area contributed by atoms with Crippen LogP contribution in [0.3, 0.4) is 0 Å². The first-order valence-corrected chi connectivity index (χ1v) is 7.88. The molecular weight excluding hydrogens is 320 g/mol. The molecular formula is C19H16N2O4. The van der Waals surface area contributed by atoms with Crippen LogP contribution in [-0.2, 0) is 0 Å². The molecule has 1 atom stereocenters. The predicted molar refractivity (Wildman–Crippen MR) is 94.2 cm³/mol. The SMILES string of the molecule is COc1ccc(C2CC(c3c(O)c4ccccc4oc3=O)=NN2)cc1. The molecule has 25 heavy (non-hydrogen) atoms. The second kappa shape index (κ2) is 5.98. The van der Waals surface area contributed by atoms with Gasteiger partial charge in [0, 0.05) is 6.42 Å². The molecule has 3 aromatic rings. The number of nitrogens with zero attached hydrogens (tertiary/aromatic N) is 1. The quantitative estimate of drug-likeness (QED) is 0.719. The lowest BCUT2D eigenvalue weighted by Gasteiger charge is -2.11. The summed E-state index contributed by atoms with van der Waals surface area (Å²) >= 11 is 0. The minimum atomic E-state index is -0.591. The first-order chi connectivity index (χ1) is 12.2. The van der Waals surface area contributed by atoms with E-state index < -0.39 is 5.63 Å². The van der Waals surface area contributed by atoms with Crippen LogP contribution in [0.4, 0.5) is 0 Å². The Labute approximate surface area is 143 Å². The van der Waals surface area contributed by atoms with Crippen LogP contribution in [-0.4, -0.2) is 17.9 Å². The molecule has 4 rings (SSSR count). The molecule has 6 heteroatoms. The van der Waals surface area contributed by atoms with Gasteiger partial charge in [0.05, 0.1) is 24.2 Å². The number of hydrogen-bond donors (Lipinski definition) is 2. The van der Waals surface area contributed by atoms with E-state index in [4.69, 9.17) is 9.15 Å². The highest BCUT2D eigenvalue weighted by molar-refractivity contribution is 6.06. The molecule has 0 saturated heterocycles. The molecule has 126 valence electrons. The van der Waals surface area contributed by atoms with Crippen molar-refractivity contribution in [1.29, 1.82) is 0 Å². The van der Waals surface area contributed by atoms with Crippen LogP contribution in [0.25, 0.3) is 11.0 Å². The van der Waals surface area contributed by atoms with Gasteiger partial charge in [0.2, 0.25) is 0 Å². The van der Waals surface area contributed by atoms with E-state index in [1.54, 1.807) is 31.4 Å². The summed E-state index contributed by atoms with van der Waals surface area (Å²) in [6.45, 7) is 0. The van der Waals surface area contributed by atoms with E-state index >= 15 is 0 Å². The molecule has 6 nitrogen and oxygen atoms in total. The lowest BCUT2D eigenvalue weighted by molar-refractivity contribution is 0.414. The van der Waals surface area contributed by atoms with Gasteiger partial charge >= 0.3 is 5.63 Å². The molecule has 0 radical (unpaired) electrons. The number of methoxy groups -OCH3 is 1. The number of rotatable bonds is 3.